The van der Waals surface area contributed by atoms with Crippen LogP contribution in [0.25, 0.3) is 0 Å². The Kier molecular flexibility index (Phi) is 6.23. The first kappa shape index (κ1) is 20.2. The van der Waals surface area contributed by atoms with E-state index in [4.69, 9.17) is 0 Å². The van der Waals surface area contributed by atoms with Crippen molar-refractivity contribution < 1.29 is 23.1 Å². The number of alkyl halides is 3. The van der Waals surface area contributed by atoms with Gasteiger partial charge in [0.25, 0.3) is 0 Å². The lowest BCUT2D eigenvalue weighted by molar-refractivity contribution is -0.141. The van der Waals surface area contributed by atoms with E-state index in [0.717, 1.165) is 31.5 Å². The summed E-state index contributed by atoms with van der Waals surface area (Å²) in [5.74, 6) is 0.111. The molecule has 3 rings (SSSR count). The maximum absolute atomic E-state index is 12.8. The fraction of sp³-hybridized carbons (Fsp3) is 0.474. The minimum absolute atomic E-state index is 0.0576. The first-order valence-corrected chi connectivity index (χ1v) is 9.08. The Bertz CT molecular complexity index is 780. The summed E-state index contributed by atoms with van der Waals surface area (Å²) >= 11 is 0. The number of aliphatic hydroxyl groups excluding tert-OH is 1. The van der Waals surface area contributed by atoms with Crippen LogP contribution >= 0.6 is 0 Å². The van der Waals surface area contributed by atoms with Crippen LogP contribution in [0.2, 0.25) is 0 Å². The van der Waals surface area contributed by atoms with Crippen molar-refractivity contribution in [1.29, 1.82) is 0 Å². The highest BCUT2D eigenvalue weighted by atomic mass is 19.4. The average Bonchev–Trinajstić information content (AvgIpc) is 2.63. The minimum atomic E-state index is -4.51. The Balaban J connectivity index is 1.67. The second kappa shape index (κ2) is 8.64. The number of aromatic nitrogens is 3. The highest BCUT2D eigenvalue weighted by Gasteiger charge is 2.32. The van der Waals surface area contributed by atoms with Crippen LogP contribution in [0.4, 0.5) is 13.2 Å². The smallest absolute Gasteiger partial charge is 0.385 e. The Morgan fingerprint density at radius 3 is 2.61 bits per heavy atom. The van der Waals surface area contributed by atoms with Gasteiger partial charge >= 0.3 is 6.18 Å². The van der Waals surface area contributed by atoms with E-state index in [1.54, 1.807) is 17.0 Å². The van der Waals surface area contributed by atoms with Crippen LogP contribution in [0.15, 0.2) is 36.7 Å². The minimum Gasteiger partial charge on any atom is -0.385 e. The third-order valence-electron chi connectivity index (χ3n) is 4.85. The molecule has 1 saturated carbocycles. The van der Waals surface area contributed by atoms with Crippen molar-refractivity contribution in [3.05, 3.63) is 53.6 Å². The quantitative estimate of drug-likeness (QED) is 0.781. The van der Waals surface area contributed by atoms with Gasteiger partial charge in [-0.1, -0.05) is 12.5 Å². The second-order valence-corrected chi connectivity index (χ2v) is 6.99. The van der Waals surface area contributed by atoms with Crippen LogP contribution in [-0.4, -0.2) is 44.2 Å². The molecule has 1 atom stereocenters. The average molecular weight is 394 g/mol. The molecule has 28 heavy (non-hydrogen) atoms. The molecule has 1 aliphatic carbocycles. The lowest BCUT2D eigenvalue weighted by atomic mass is 9.85. The molecule has 1 fully saturated rings. The third kappa shape index (κ3) is 5.25. The van der Waals surface area contributed by atoms with Gasteiger partial charge in [0, 0.05) is 18.9 Å². The van der Waals surface area contributed by atoms with Crippen molar-refractivity contribution >= 4 is 5.91 Å². The molecule has 0 aromatic carbocycles. The summed E-state index contributed by atoms with van der Waals surface area (Å²) in [5.41, 5.74) is -0.233. The largest absolute Gasteiger partial charge is 0.433 e. The summed E-state index contributed by atoms with van der Waals surface area (Å²) in [6, 6.07) is 5.41. The van der Waals surface area contributed by atoms with Crippen molar-refractivity contribution in [2.24, 2.45) is 5.92 Å². The first-order valence-electron chi connectivity index (χ1n) is 9.08. The van der Waals surface area contributed by atoms with Gasteiger partial charge in [0.05, 0.1) is 18.7 Å². The van der Waals surface area contributed by atoms with Gasteiger partial charge in [0.15, 0.2) is 0 Å². The number of hydrogen-bond acceptors (Lipinski definition) is 5. The summed E-state index contributed by atoms with van der Waals surface area (Å²) in [6.45, 7) is 0.562. The number of nitrogens with zero attached hydrogens (tertiary/aromatic N) is 4. The number of halogens is 3. The van der Waals surface area contributed by atoms with Crippen molar-refractivity contribution in [3.8, 4) is 0 Å². The monoisotopic (exact) mass is 394 g/mol. The molecular weight excluding hydrogens is 373 g/mol. The van der Waals surface area contributed by atoms with Gasteiger partial charge in [-0.2, -0.15) is 23.4 Å². The normalized spacial score (nSPS) is 15.7. The second-order valence-electron chi connectivity index (χ2n) is 6.99. The summed E-state index contributed by atoms with van der Waals surface area (Å²) in [4.78, 5) is 17.7. The number of rotatable bonds is 7. The van der Waals surface area contributed by atoms with Crippen LogP contribution < -0.4 is 0 Å². The molecule has 0 radical (unpaired) electrons. The molecule has 6 nitrogen and oxygen atoms in total. The highest BCUT2D eigenvalue weighted by molar-refractivity contribution is 5.78. The summed E-state index contributed by atoms with van der Waals surface area (Å²) in [7, 11) is 0. The topological polar surface area (TPSA) is 79.2 Å². The molecule has 0 aliphatic heterocycles. The Hall–Kier alpha value is -2.55. The maximum Gasteiger partial charge on any atom is 0.433 e. The van der Waals surface area contributed by atoms with E-state index < -0.39 is 18.0 Å². The first-order chi connectivity index (χ1) is 13.3. The van der Waals surface area contributed by atoms with Gasteiger partial charge in [-0.15, -0.1) is 0 Å². The molecule has 1 aliphatic rings. The van der Waals surface area contributed by atoms with Crippen molar-refractivity contribution in [1.82, 2.24) is 20.1 Å². The van der Waals surface area contributed by atoms with Gasteiger partial charge in [-0.05, 0) is 42.5 Å². The molecule has 0 bridgehead atoms. The maximum atomic E-state index is 12.8. The molecule has 0 saturated heterocycles. The van der Waals surface area contributed by atoms with Crippen molar-refractivity contribution in [2.75, 3.05) is 13.1 Å². The van der Waals surface area contributed by atoms with Crippen LogP contribution in [-0.2, 0) is 17.4 Å². The van der Waals surface area contributed by atoms with E-state index >= 15 is 0 Å². The lowest BCUT2D eigenvalue weighted by Crippen LogP contribution is -2.41. The van der Waals surface area contributed by atoms with E-state index in [9.17, 15) is 23.1 Å². The van der Waals surface area contributed by atoms with Gasteiger partial charge < -0.3 is 10.0 Å². The zero-order valence-corrected chi connectivity index (χ0v) is 15.1. The van der Waals surface area contributed by atoms with Crippen molar-refractivity contribution in [3.63, 3.8) is 0 Å². The summed E-state index contributed by atoms with van der Waals surface area (Å²) in [5, 5.41) is 18.0. The predicted molar refractivity (Wildman–Crippen MR) is 93.9 cm³/mol. The number of pyridine rings is 1. The number of carbonyl (C=O) groups excluding carboxylic acids is 1. The molecule has 0 spiro atoms. The molecule has 1 N–H and O–H groups in total. The molecule has 1 amide bonds. The van der Waals surface area contributed by atoms with Crippen LogP contribution in [0.5, 0.6) is 0 Å². The molecule has 2 aromatic rings. The molecule has 2 heterocycles. The number of amides is 1. The predicted octanol–water partition coefficient (Wildman–Crippen LogP) is 2.80. The fourth-order valence-corrected chi connectivity index (χ4v) is 3.04. The van der Waals surface area contributed by atoms with Gasteiger partial charge in [-0.25, -0.2) is 0 Å². The van der Waals surface area contributed by atoms with E-state index in [2.05, 4.69) is 15.2 Å². The fourth-order valence-electron chi connectivity index (χ4n) is 3.04. The van der Waals surface area contributed by atoms with Crippen LogP contribution in [0.1, 0.15) is 42.3 Å². The number of hydrogen-bond donors (Lipinski definition) is 1. The zero-order chi connectivity index (χ0) is 20.1. The van der Waals surface area contributed by atoms with E-state index in [0.29, 0.717) is 23.7 Å². The third-order valence-corrected chi connectivity index (χ3v) is 4.85. The van der Waals surface area contributed by atoms with Gasteiger partial charge in [0.2, 0.25) is 5.91 Å². The van der Waals surface area contributed by atoms with E-state index in [-0.39, 0.29) is 18.9 Å². The lowest BCUT2D eigenvalue weighted by Gasteiger charge is -2.33. The Morgan fingerprint density at radius 2 is 2.07 bits per heavy atom. The molecule has 2 aromatic heterocycles. The molecule has 150 valence electrons. The van der Waals surface area contributed by atoms with Gasteiger partial charge in [-0.3, -0.25) is 9.78 Å². The highest BCUT2D eigenvalue weighted by Crippen LogP contribution is 2.29. The standard InChI is InChI=1S/C19H21F3N4O2/c20-19(21,22)17-7-6-14(10-23-17)9-18(28)26(11-13-3-1-4-13)12-16(27)15-5-2-8-24-25-15/h2,5-8,10,13,16,27H,1,3-4,9,11-12H2. The zero-order valence-electron chi connectivity index (χ0n) is 15.1. The Labute approximate surface area is 160 Å². The Morgan fingerprint density at radius 1 is 1.29 bits per heavy atom. The van der Waals surface area contributed by atoms with Crippen LogP contribution in [0.3, 0.4) is 0 Å². The number of aliphatic hydroxyl groups is 1. The number of carbonyl (C=O) groups is 1. The SMILES string of the molecule is O=C(Cc1ccc(C(F)(F)F)nc1)N(CC1CCC1)CC(O)c1cccnn1. The van der Waals surface area contributed by atoms with Crippen LogP contribution in [0, 0.1) is 5.92 Å². The van der Waals surface area contributed by atoms with Crippen molar-refractivity contribution in [2.45, 2.75) is 38.0 Å². The van der Waals surface area contributed by atoms with E-state index in [1.807, 2.05) is 0 Å². The molecule has 1 unspecified atom stereocenters. The molecular formula is C19H21F3N4O2. The molecule has 9 heteroatoms. The van der Waals surface area contributed by atoms with Gasteiger partial charge in [0.1, 0.15) is 11.8 Å². The van der Waals surface area contributed by atoms with E-state index in [1.165, 1.54) is 12.3 Å². The summed E-state index contributed by atoms with van der Waals surface area (Å²) in [6.07, 6.45) is 0.141. The summed E-state index contributed by atoms with van der Waals surface area (Å²) < 4.78 is 37.9.